The van der Waals surface area contributed by atoms with Crippen molar-refractivity contribution in [3.05, 3.63) is 48.8 Å². The Morgan fingerprint density at radius 3 is 1.29 bits per heavy atom. The maximum atomic E-state index is 8.76. The maximum absolute atomic E-state index is 8.76. The van der Waals surface area contributed by atoms with Gasteiger partial charge >= 0.3 is 0 Å². The van der Waals surface area contributed by atoms with Gasteiger partial charge in [-0.1, -0.05) is 25.3 Å². The van der Waals surface area contributed by atoms with E-state index in [9.17, 15) is 0 Å². The van der Waals surface area contributed by atoms with Crippen LogP contribution in [0, 0.1) is 0 Å². The van der Waals surface area contributed by atoms with Crippen molar-refractivity contribution in [2.75, 3.05) is 0 Å². The average Bonchev–Trinajstić information content (AvgIpc) is 2.28. The molecule has 2 aromatic rings. The van der Waals surface area contributed by atoms with Gasteiger partial charge < -0.3 is 0 Å². The molecule has 2 heterocycles. The number of nitrogens with zero attached hydrogens (tertiary/aromatic N) is 2. The van der Waals surface area contributed by atoms with Gasteiger partial charge in [0, 0.05) is 50.2 Å². The fraction of sp³-hybridized carbons (Fsp3) is 0. The fourth-order valence-electron chi connectivity index (χ4n) is 0.851. The van der Waals surface area contributed by atoms with Crippen molar-refractivity contribution in [2.24, 2.45) is 0 Å². The molecule has 4 nitrogen and oxygen atoms in total. The molecule has 0 spiro atoms. The topological polar surface area (TPSA) is 48.2 Å². The minimum Gasteiger partial charge on any atom is -0.284 e. The van der Waals surface area contributed by atoms with E-state index in [1.54, 1.807) is 36.4 Å². The molecule has 0 unspecified atom stereocenters. The largest absolute Gasteiger partial charge is 0.287 e. The van der Waals surface area contributed by atoms with Gasteiger partial charge in [-0.15, -0.1) is 0 Å². The maximum Gasteiger partial charge on any atom is 0.287 e. The Balaban J connectivity index is 0.000000284. The third-order valence-electron chi connectivity index (χ3n) is 1.64. The Hall–Kier alpha value is -0.906. The van der Waals surface area contributed by atoms with Gasteiger partial charge in [0.25, 0.3) is 10.1 Å². The van der Waals surface area contributed by atoms with Crippen LogP contribution in [0.5, 0.6) is 0 Å². The number of pyridine rings is 2. The van der Waals surface area contributed by atoms with Crippen LogP contribution in [0.1, 0.15) is 0 Å². The molecule has 0 saturated carbocycles. The van der Waals surface area contributed by atoms with Crippen LogP contribution in [0.2, 0.25) is 0 Å². The molecule has 2 N–H and O–H groups in total. The quantitative estimate of drug-likeness (QED) is 0.254. The van der Waals surface area contributed by atoms with Crippen molar-refractivity contribution in [3.63, 3.8) is 0 Å². The van der Waals surface area contributed by atoms with Gasteiger partial charge in [-0.3, -0.25) is 10.4 Å². The minimum absolute atomic E-state index is 0. The van der Waals surface area contributed by atoms with E-state index >= 15 is 0 Å². The summed E-state index contributed by atoms with van der Waals surface area (Å²) in [5.74, 6) is 0. The Morgan fingerprint density at radius 2 is 1.12 bits per heavy atom. The summed E-state index contributed by atoms with van der Waals surface area (Å²) in [7, 11) is 0. The van der Waals surface area contributed by atoms with Gasteiger partial charge in [0.05, 0.1) is 0 Å². The molecule has 2 aromatic heterocycles. The Bertz CT molecular complexity index is 386. The number of hydrogen-bond donors (Lipinski definition) is 4. The molecule has 0 fully saturated rings. The summed E-state index contributed by atoms with van der Waals surface area (Å²) in [6.45, 7) is 0. The van der Waals surface area contributed by atoms with E-state index in [-0.39, 0.29) is 16.5 Å². The van der Waals surface area contributed by atoms with Crippen LogP contribution in [0.4, 0.5) is 0 Å². The molecule has 0 amide bonds. The zero-order valence-electron chi connectivity index (χ0n) is 8.62. The van der Waals surface area contributed by atoms with Crippen LogP contribution in [0.25, 0.3) is 0 Å². The van der Waals surface area contributed by atoms with Crippen LogP contribution >= 0.6 is 25.3 Å². The molecule has 2 rings (SSSR count). The molecular weight excluding hydrogens is 303 g/mol. The van der Waals surface area contributed by atoms with Crippen LogP contribution in [-0.2, 0) is 16.5 Å². The van der Waals surface area contributed by atoms with Gasteiger partial charge in [0.1, 0.15) is 0 Å². The Morgan fingerprint density at radius 1 is 0.765 bits per heavy atom. The molecule has 0 atom stereocenters. The zero-order valence-corrected chi connectivity index (χ0v) is 11.4. The van der Waals surface area contributed by atoms with E-state index in [1.807, 2.05) is 0 Å². The predicted molar refractivity (Wildman–Crippen MR) is 62.1 cm³/mol. The molecule has 0 radical (unpaired) electrons. The first-order valence-corrected chi connectivity index (χ1v) is 5.28. The molecule has 0 bridgehead atoms. The molecule has 0 saturated heterocycles. The molecule has 17 heavy (non-hydrogen) atoms. The SMILES string of the molecule is O[n+]1ccccc1S.O[n+]1ccccc1S.[Ni]. The number of thiol groups is 2. The van der Waals surface area contributed by atoms with E-state index < -0.39 is 0 Å². The monoisotopic (exact) mass is 314 g/mol. The Labute approximate surface area is 120 Å². The first kappa shape index (κ1) is 16.1. The molecule has 94 valence electrons. The van der Waals surface area contributed by atoms with Crippen molar-refractivity contribution >= 4 is 25.3 Å². The van der Waals surface area contributed by atoms with Gasteiger partial charge in [-0.05, 0) is 12.1 Å². The first-order chi connectivity index (χ1) is 7.61. The van der Waals surface area contributed by atoms with Crippen molar-refractivity contribution < 1.29 is 36.4 Å². The second-order valence-electron chi connectivity index (χ2n) is 2.81. The van der Waals surface area contributed by atoms with Crippen LogP contribution in [0.15, 0.2) is 58.8 Å². The zero-order chi connectivity index (χ0) is 12.0. The van der Waals surface area contributed by atoms with E-state index in [2.05, 4.69) is 25.3 Å². The van der Waals surface area contributed by atoms with E-state index in [1.165, 1.54) is 12.4 Å². The summed E-state index contributed by atoms with van der Waals surface area (Å²) < 4.78 is 1.90. The third kappa shape index (κ3) is 5.82. The normalized spacial score (nSPS) is 8.59. The second-order valence-corrected chi connectivity index (χ2v) is 3.72. The van der Waals surface area contributed by atoms with Gasteiger partial charge in [-0.2, -0.15) is 0 Å². The molecule has 0 aliphatic rings. The summed E-state index contributed by atoms with van der Waals surface area (Å²) in [5.41, 5.74) is 0. The third-order valence-corrected chi connectivity index (χ3v) is 2.34. The molecular formula is C10H12N2NiO2S2+2. The smallest absolute Gasteiger partial charge is 0.284 e. The number of hydrogen-bond acceptors (Lipinski definition) is 4. The van der Waals surface area contributed by atoms with Gasteiger partial charge in [-0.25, -0.2) is 0 Å². The van der Waals surface area contributed by atoms with Crippen molar-refractivity contribution in [1.29, 1.82) is 0 Å². The molecule has 0 aliphatic carbocycles. The average molecular weight is 315 g/mol. The molecule has 0 aliphatic heterocycles. The number of rotatable bonds is 0. The van der Waals surface area contributed by atoms with Crippen LogP contribution in [-0.4, -0.2) is 10.4 Å². The Kier molecular flexibility index (Phi) is 7.79. The fourth-order valence-corrected chi connectivity index (χ4v) is 1.16. The van der Waals surface area contributed by atoms with E-state index in [4.69, 9.17) is 10.4 Å². The van der Waals surface area contributed by atoms with Gasteiger partial charge in [0.15, 0.2) is 0 Å². The summed E-state index contributed by atoms with van der Waals surface area (Å²) in [5, 5.41) is 18.6. The summed E-state index contributed by atoms with van der Waals surface area (Å²) in [6.07, 6.45) is 3.03. The van der Waals surface area contributed by atoms with Crippen LogP contribution < -0.4 is 9.46 Å². The molecule has 7 heteroatoms. The molecule has 0 aromatic carbocycles. The summed E-state index contributed by atoms with van der Waals surface area (Å²) in [4.78, 5) is 0. The second kappa shape index (κ2) is 8.22. The first-order valence-electron chi connectivity index (χ1n) is 4.39. The van der Waals surface area contributed by atoms with Gasteiger partial charge in [0.2, 0.25) is 12.4 Å². The van der Waals surface area contributed by atoms with Crippen molar-refractivity contribution in [2.45, 2.75) is 10.1 Å². The van der Waals surface area contributed by atoms with E-state index in [0.717, 1.165) is 9.46 Å². The standard InChI is InChI=1S/2C5H5NOS.Ni/c2*7-6-4-2-1-3-5(6)8;/h2*1-4,7H;/p+2. The summed E-state index contributed by atoms with van der Waals surface area (Å²) >= 11 is 7.82. The minimum atomic E-state index is 0. The van der Waals surface area contributed by atoms with Crippen LogP contribution in [0.3, 0.4) is 0 Å². The summed E-state index contributed by atoms with van der Waals surface area (Å²) in [6, 6.07) is 10.4. The number of aromatic nitrogens is 2. The van der Waals surface area contributed by atoms with E-state index in [0.29, 0.717) is 10.1 Å². The van der Waals surface area contributed by atoms with Crippen molar-refractivity contribution in [1.82, 2.24) is 0 Å². The van der Waals surface area contributed by atoms with Crippen molar-refractivity contribution in [3.8, 4) is 0 Å². The predicted octanol–water partition coefficient (Wildman–Crippen LogP) is 0.998.